The van der Waals surface area contributed by atoms with Gasteiger partial charge < -0.3 is 10.8 Å². The molecule has 2 N–H and O–H groups in total. The standard InChI is InChI=1S/C21H20NS.C6H5NO2.Li/c22-16-17-23-21(18-10-4-1-5-11-18,19-12-6-2-7-13-19)20-14-8-3-9-15-20;8-6(9)5-2-1-3-7-4-5;/h1-15,22H,16-17H2;1-4H,(H,8,9);/q-1;;+1. The topological polar surface area (TPSA) is 74.0 Å². The first-order valence-corrected chi connectivity index (χ1v) is 11.3. The quantitative estimate of drug-likeness (QED) is 0.347. The Morgan fingerprint density at radius 3 is 1.55 bits per heavy atom. The van der Waals surface area contributed by atoms with Gasteiger partial charge in [0.2, 0.25) is 0 Å². The fraction of sp³-hybridized carbons (Fsp3) is 0.111. The van der Waals surface area contributed by atoms with Gasteiger partial charge in [0.1, 0.15) is 0 Å². The van der Waals surface area contributed by atoms with Crippen LogP contribution in [0, 0.1) is 0 Å². The number of carboxylic acids is 1. The van der Waals surface area contributed by atoms with Crippen molar-refractivity contribution in [1.29, 1.82) is 0 Å². The SMILES string of the molecule is O=C(O)c1cccnc1.[Li+].[NH-]CCSC(c1ccccc1)(c1ccccc1)c1ccccc1. The second-order valence-electron chi connectivity index (χ2n) is 6.92. The molecule has 0 saturated heterocycles. The molecular formula is C27H25LiN2O2S. The smallest absolute Gasteiger partial charge is 0.677 e. The number of hydrogen-bond donors (Lipinski definition) is 1. The van der Waals surface area contributed by atoms with Crippen LogP contribution in [0.25, 0.3) is 5.73 Å². The van der Waals surface area contributed by atoms with Crippen LogP contribution >= 0.6 is 11.8 Å². The van der Waals surface area contributed by atoms with Gasteiger partial charge in [0, 0.05) is 12.4 Å². The molecule has 4 rings (SSSR count). The van der Waals surface area contributed by atoms with Crippen molar-refractivity contribution in [1.82, 2.24) is 4.98 Å². The number of benzene rings is 3. The van der Waals surface area contributed by atoms with Crippen molar-refractivity contribution in [3.05, 3.63) is 144 Å². The molecule has 162 valence electrons. The van der Waals surface area contributed by atoms with E-state index < -0.39 is 5.97 Å². The zero-order chi connectivity index (χ0) is 22.7. The van der Waals surface area contributed by atoms with E-state index in [1.807, 2.05) is 11.8 Å². The summed E-state index contributed by atoms with van der Waals surface area (Å²) in [5.74, 6) is -0.151. The summed E-state index contributed by atoms with van der Waals surface area (Å²) in [6, 6.07) is 35.0. The van der Waals surface area contributed by atoms with Crippen LogP contribution in [-0.2, 0) is 4.75 Å². The maximum Gasteiger partial charge on any atom is 1.00 e. The molecule has 3 aromatic carbocycles. The van der Waals surface area contributed by atoms with Crippen LogP contribution in [0.4, 0.5) is 0 Å². The van der Waals surface area contributed by atoms with Crippen LogP contribution in [0.1, 0.15) is 27.0 Å². The van der Waals surface area contributed by atoms with E-state index >= 15 is 0 Å². The van der Waals surface area contributed by atoms with Gasteiger partial charge in [-0.05, 0) is 34.6 Å². The van der Waals surface area contributed by atoms with E-state index in [-0.39, 0.29) is 29.2 Å². The molecule has 0 aliphatic rings. The van der Waals surface area contributed by atoms with Crippen molar-refractivity contribution in [2.24, 2.45) is 0 Å². The Balaban J connectivity index is 0.000000326. The van der Waals surface area contributed by atoms with Crippen LogP contribution in [0.3, 0.4) is 0 Å². The van der Waals surface area contributed by atoms with E-state index in [9.17, 15) is 4.79 Å². The molecule has 0 unspecified atom stereocenters. The van der Waals surface area contributed by atoms with E-state index in [1.54, 1.807) is 6.07 Å². The van der Waals surface area contributed by atoms with Gasteiger partial charge in [-0.1, -0.05) is 91.0 Å². The summed E-state index contributed by atoms with van der Waals surface area (Å²) in [6.07, 6.45) is 2.84. The summed E-state index contributed by atoms with van der Waals surface area (Å²) in [4.78, 5) is 13.8. The summed E-state index contributed by atoms with van der Waals surface area (Å²) < 4.78 is -0.273. The van der Waals surface area contributed by atoms with E-state index in [4.69, 9.17) is 10.8 Å². The van der Waals surface area contributed by atoms with Gasteiger partial charge in [0.25, 0.3) is 0 Å². The molecule has 0 amide bonds. The van der Waals surface area contributed by atoms with Crippen molar-refractivity contribution >= 4 is 17.7 Å². The number of hydrogen-bond acceptors (Lipinski definition) is 3. The Morgan fingerprint density at radius 2 is 1.24 bits per heavy atom. The summed E-state index contributed by atoms with van der Waals surface area (Å²) >= 11 is 1.84. The zero-order valence-corrected chi connectivity index (χ0v) is 19.4. The molecule has 0 radical (unpaired) electrons. The predicted octanol–water partition coefficient (Wildman–Crippen LogP) is 3.55. The number of thioether (sulfide) groups is 1. The fourth-order valence-corrected chi connectivity index (χ4v) is 4.78. The van der Waals surface area contributed by atoms with E-state index in [0.717, 1.165) is 5.75 Å². The molecular weight excluding hydrogens is 423 g/mol. The number of aromatic nitrogens is 1. The maximum atomic E-state index is 10.2. The minimum absolute atomic E-state index is 0. The van der Waals surface area contributed by atoms with Crippen LogP contribution in [-0.4, -0.2) is 28.4 Å². The van der Waals surface area contributed by atoms with Crippen molar-refractivity contribution in [3.63, 3.8) is 0 Å². The first kappa shape index (κ1) is 26.4. The van der Waals surface area contributed by atoms with Gasteiger partial charge in [0.05, 0.1) is 10.3 Å². The van der Waals surface area contributed by atoms with E-state index in [2.05, 4.69) is 96.0 Å². The Hall–Kier alpha value is -2.81. The number of pyridine rings is 1. The molecule has 4 aromatic rings. The first-order valence-electron chi connectivity index (χ1n) is 10.3. The van der Waals surface area contributed by atoms with Gasteiger partial charge in [-0.15, -0.1) is 18.3 Å². The van der Waals surface area contributed by atoms with Crippen molar-refractivity contribution in [2.45, 2.75) is 4.75 Å². The first-order chi connectivity index (χ1) is 15.7. The second kappa shape index (κ2) is 13.7. The Bertz CT molecular complexity index is 985. The summed E-state index contributed by atoms with van der Waals surface area (Å²) in [6.45, 7) is 0.416. The van der Waals surface area contributed by atoms with Crippen LogP contribution in [0.5, 0.6) is 0 Å². The van der Waals surface area contributed by atoms with Crippen LogP contribution in [0.2, 0.25) is 0 Å². The number of aromatic carboxylic acids is 1. The molecule has 0 aliphatic carbocycles. The second-order valence-corrected chi connectivity index (χ2v) is 8.23. The van der Waals surface area contributed by atoms with E-state index in [0.29, 0.717) is 6.54 Å². The average Bonchev–Trinajstić information content (AvgIpc) is 2.87. The average molecular weight is 449 g/mol. The maximum absolute atomic E-state index is 10.2. The largest absolute Gasteiger partial charge is 1.00 e. The van der Waals surface area contributed by atoms with Gasteiger partial charge in [-0.25, -0.2) is 4.79 Å². The number of nitrogens with zero attached hydrogens (tertiary/aromatic N) is 1. The molecule has 0 fully saturated rings. The molecule has 33 heavy (non-hydrogen) atoms. The molecule has 4 nitrogen and oxygen atoms in total. The Labute approximate surface area is 211 Å². The zero-order valence-electron chi connectivity index (χ0n) is 18.6. The van der Waals surface area contributed by atoms with Gasteiger partial charge in [-0.2, -0.15) is 0 Å². The molecule has 0 aliphatic heterocycles. The molecule has 6 heteroatoms. The Kier molecular flexibility index (Phi) is 11.0. The summed E-state index contributed by atoms with van der Waals surface area (Å²) in [7, 11) is 0. The van der Waals surface area contributed by atoms with Crippen LogP contribution < -0.4 is 18.9 Å². The molecule has 1 aromatic heterocycles. The van der Waals surface area contributed by atoms with Crippen molar-refractivity contribution in [3.8, 4) is 0 Å². The Morgan fingerprint density at radius 1 is 0.788 bits per heavy atom. The third-order valence-corrected chi connectivity index (χ3v) is 6.42. The minimum atomic E-state index is -0.942. The predicted molar refractivity (Wildman–Crippen MR) is 132 cm³/mol. The van der Waals surface area contributed by atoms with Crippen molar-refractivity contribution < 1.29 is 28.8 Å². The van der Waals surface area contributed by atoms with Crippen LogP contribution in [0.15, 0.2) is 116 Å². The summed E-state index contributed by atoms with van der Waals surface area (Å²) in [5, 5.41) is 8.34. The number of rotatable bonds is 7. The van der Waals surface area contributed by atoms with Gasteiger partial charge >= 0.3 is 24.8 Å². The minimum Gasteiger partial charge on any atom is -0.677 e. The molecule has 1 heterocycles. The van der Waals surface area contributed by atoms with Crippen molar-refractivity contribution in [2.75, 3.05) is 12.3 Å². The molecule has 0 spiro atoms. The molecule has 0 bridgehead atoms. The van der Waals surface area contributed by atoms with E-state index in [1.165, 1.54) is 35.2 Å². The monoisotopic (exact) mass is 448 g/mol. The number of carbonyl (C=O) groups is 1. The molecule has 0 atom stereocenters. The number of carboxylic acid groups (broad SMARTS) is 1. The molecule has 0 saturated carbocycles. The van der Waals surface area contributed by atoms with Gasteiger partial charge in [-0.3, -0.25) is 4.98 Å². The van der Waals surface area contributed by atoms with Gasteiger partial charge in [0.15, 0.2) is 0 Å². The third kappa shape index (κ3) is 6.83. The number of nitrogens with one attached hydrogen (secondary N) is 1. The third-order valence-electron chi connectivity index (χ3n) is 4.87. The normalized spacial score (nSPS) is 10.3. The fourth-order valence-electron chi connectivity index (χ4n) is 3.46. The summed E-state index contributed by atoms with van der Waals surface area (Å²) in [5.41, 5.74) is 11.6.